The first kappa shape index (κ1) is 27.0. The second kappa shape index (κ2) is 10.9. The minimum atomic E-state index is -4.49. The number of alkyl halides is 3. The zero-order chi connectivity index (χ0) is 27.6. The van der Waals surface area contributed by atoms with Gasteiger partial charge in [0.15, 0.2) is 6.29 Å². The Kier molecular flexibility index (Phi) is 7.55. The van der Waals surface area contributed by atoms with E-state index in [4.69, 9.17) is 14.2 Å². The summed E-state index contributed by atoms with van der Waals surface area (Å²) in [5.41, 5.74) is 0.871. The van der Waals surface area contributed by atoms with Gasteiger partial charge in [0.05, 0.1) is 30.2 Å². The fourth-order valence-corrected chi connectivity index (χ4v) is 4.80. The number of anilines is 3. The molecule has 2 unspecified atom stereocenters. The summed E-state index contributed by atoms with van der Waals surface area (Å²) in [7, 11) is 0. The van der Waals surface area contributed by atoms with Crippen LogP contribution in [0.1, 0.15) is 50.2 Å². The molecule has 1 saturated heterocycles. The topological polar surface area (TPSA) is 97.9 Å². The molecule has 3 N–H and O–H groups in total. The number of carbonyl (C=O) groups excluding carboxylic acids is 2. The molecule has 3 aliphatic heterocycles. The number of halogens is 3. The Labute approximate surface area is 223 Å². The molecule has 11 heteroatoms. The van der Waals surface area contributed by atoms with E-state index < -0.39 is 23.2 Å². The summed E-state index contributed by atoms with van der Waals surface area (Å²) < 4.78 is 56.4. The average Bonchev–Trinajstić information content (AvgIpc) is 3.10. The van der Waals surface area contributed by atoms with Crippen molar-refractivity contribution in [1.82, 2.24) is 0 Å². The van der Waals surface area contributed by atoms with Crippen molar-refractivity contribution < 1.29 is 37.0 Å². The zero-order valence-corrected chi connectivity index (χ0v) is 21.5. The van der Waals surface area contributed by atoms with Crippen LogP contribution < -0.4 is 20.7 Å². The first-order valence-corrected chi connectivity index (χ1v) is 12.9. The molecule has 0 aliphatic carbocycles. The standard InChI is InChI=1S/C28H30F3N3O5/c1-27(16-39-25-6-2-3-11-38-25)26(36)33-22-15-19(8-10-21(22)34-27)32-24(35)13-17-5-4-12-37-23-14-18(28(29,30)31)7-9-20(17)23/h7-10,13-15,25,34H,2-6,11-12,16H2,1H3,(H,32,35)(H,33,36)/b17-13+. The van der Waals surface area contributed by atoms with Crippen LogP contribution in [-0.4, -0.2) is 43.5 Å². The molecular formula is C28H30F3N3O5. The van der Waals surface area contributed by atoms with E-state index in [1.807, 2.05) is 0 Å². The lowest BCUT2D eigenvalue weighted by Crippen LogP contribution is -2.54. The van der Waals surface area contributed by atoms with Crippen LogP contribution in [0.4, 0.5) is 30.2 Å². The van der Waals surface area contributed by atoms with Gasteiger partial charge in [0.2, 0.25) is 5.91 Å². The SMILES string of the molecule is CC1(COC2CCCCO2)Nc2ccc(NC(=O)/C=C3\CCCOc4cc(C(F)(F)F)ccc43)cc2NC1=O. The van der Waals surface area contributed by atoms with Gasteiger partial charge in [-0.05, 0) is 74.9 Å². The maximum absolute atomic E-state index is 13.1. The van der Waals surface area contributed by atoms with E-state index in [0.717, 1.165) is 31.4 Å². The monoisotopic (exact) mass is 545 g/mol. The van der Waals surface area contributed by atoms with E-state index in [0.29, 0.717) is 47.6 Å². The van der Waals surface area contributed by atoms with Crippen molar-refractivity contribution in [3.63, 3.8) is 0 Å². The maximum Gasteiger partial charge on any atom is 0.416 e. The molecule has 5 rings (SSSR count). The van der Waals surface area contributed by atoms with Gasteiger partial charge in [0.25, 0.3) is 5.91 Å². The van der Waals surface area contributed by atoms with Crippen molar-refractivity contribution in [1.29, 1.82) is 0 Å². The smallest absolute Gasteiger partial charge is 0.416 e. The molecule has 3 aliphatic rings. The van der Waals surface area contributed by atoms with Crippen LogP contribution in [0.5, 0.6) is 5.75 Å². The number of hydrogen-bond donors (Lipinski definition) is 3. The number of ether oxygens (including phenoxy) is 3. The molecule has 2 aromatic rings. The number of rotatable bonds is 5. The fraction of sp³-hybridized carbons (Fsp3) is 0.429. The molecule has 2 amide bonds. The van der Waals surface area contributed by atoms with Crippen LogP contribution in [0.15, 0.2) is 42.5 Å². The molecule has 0 radical (unpaired) electrons. The van der Waals surface area contributed by atoms with Gasteiger partial charge in [0.1, 0.15) is 11.3 Å². The quantitative estimate of drug-likeness (QED) is 0.426. The molecule has 0 bridgehead atoms. The Hall–Kier alpha value is -3.57. The predicted molar refractivity (Wildman–Crippen MR) is 139 cm³/mol. The van der Waals surface area contributed by atoms with Crippen molar-refractivity contribution in [3.05, 3.63) is 53.6 Å². The first-order chi connectivity index (χ1) is 18.6. The molecule has 0 saturated carbocycles. The number of carbonyl (C=O) groups is 2. The van der Waals surface area contributed by atoms with Crippen LogP contribution in [0.3, 0.4) is 0 Å². The number of allylic oxidation sites excluding steroid dienone is 1. The molecular weight excluding hydrogens is 515 g/mol. The lowest BCUT2D eigenvalue weighted by Gasteiger charge is -2.37. The number of fused-ring (bicyclic) bond motifs is 2. The zero-order valence-electron chi connectivity index (χ0n) is 21.5. The molecule has 0 aromatic heterocycles. The van der Waals surface area contributed by atoms with Crippen LogP contribution in [0.2, 0.25) is 0 Å². The predicted octanol–water partition coefficient (Wildman–Crippen LogP) is 5.57. The number of nitrogens with one attached hydrogen (secondary N) is 3. The summed E-state index contributed by atoms with van der Waals surface area (Å²) in [6, 6.07) is 8.38. The second-order valence-electron chi connectivity index (χ2n) is 10.1. The highest BCUT2D eigenvalue weighted by atomic mass is 19.4. The summed E-state index contributed by atoms with van der Waals surface area (Å²) in [6.07, 6.45) is 0.412. The summed E-state index contributed by atoms with van der Waals surface area (Å²) in [5, 5.41) is 8.88. The largest absolute Gasteiger partial charge is 0.493 e. The Morgan fingerprint density at radius 1 is 1.15 bits per heavy atom. The van der Waals surface area contributed by atoms with E-state index in [1.54, 1.807) is 25.1 Å². The van der Waals surface area contributed by atoms with Gasteiger partial charge >= 0.3 is 6.18 Å². The maximum atomic E-state index is 13.1. The highest BCUT2D eigenvalue weighted by Crippen LogP contribution is 2.38. The average molecular weight is 546 g/mol. The summed E-state index contributed by atoms with van der Waals surface area (Å²) in [4.78, 5) is 25.8. The van der Waals surface area contributed by atoms with Crippen LogP contribution in [-0.2, 0) is 25.2 Å². The van der Waals surface area contributed by atoms with E-state index in [2.05, 4.69) is 16.0 Å². The summed E-state index contributed by atoms with van der Waals surface area (Å²) in [5.74, 6) is -0.616. The fourth-order valence-electron chi connectivity index (χ4n) is 4.80. The van der Waals surface area contributed by atoms with Gasteiger partial charge in [-0.1, -0.05) is 6.07 Å². The van der Waals surface area contributed by atoms with E-state index >= 15 is 0 Å². The van der Waals surface area contributed by atoms with Crippen LogP contribution in [0.25, 0.3) is 5.57 Å². The van der Waals surface area contributed by atoms with Crippen molar-refractivity contribution >= 4 is 34.4 Å². The minimum absolute atomic E-state index is 0.103. The summed E-state index contributed by atoms with van der Waals surface area (Å²) in [6.45, 7) is 2.78. The summed E-state index contributed by atoms with van der Waals surface area (Å²) >= 11 is 0. The van der Waals surface area contributed by atoms with Gasteiger partial charge < -0.3 is 30.2 Å². The van der Waals surface area contributed by atoms with Gasteiger partial charge in [0, 0.05) is 23.9 Å². The third kappa shape index (κ3) is 6.20. The first-order valence-electron chi connectivity index (χ1n) is 12.9. The number of hydrogen-bond acceptors (Lipinski definition) is 6. The molecule has 2 aromatic carbocycles. The number of benzene rings is 2. The highest BCUT2D eigenvalue weighted by Gasteiger charge is 2.39. The van der Waals surface area contributed by atoms with Gasteiger partial charge in [-0.25, -0.2) is 0 Å². The third-order valence-corrected chi connectivity index (χ3v) is 6.95. The Balaban J connectivity index is 1.27. The van der Waals surface area contributed by atoms with Crippen molar-refractivity contribution in [3.8, 4) is 5.75 Å². The second-order valence-corrected chi connectivity index (χ2v) is 10.1. The highest BCUT2D eigenvalue weighted by molar-refractivity contribution is 6.08. The normalized spacial score (nSPS) is 23.9. The van der Waals surface area contributed by atoms with E-state index in [1.165, 1.54) is 12.1 Å². The number of amides is 2. The van der Waals surface area contributed by atoms with Crippen LogP contribution in [0, 0.1) is 0 Å². The molecule has 0 spiro atoms. The Bertz CT molecular complexity index is 1290. The van der Waals surface area contributed by atoms with Gasteiger partial charge in [-0.3, -0.25) is 9.59 Å². The Morgan fingerprint density at radius 3 is 2.77 bits per heavy atom. The van der Waals surface area contributed by atoms with E-state index in [-0.39, 0.29) is 31.2 Å². The van der Waals surface area contributed by atoms with Crippen LogP contribution >= 0.6 is 0 Å². The molecule has 39 heavy (non-hydrogen) atoms. The Morgan fingerprint density at radius 2 is 2.00 bits per heavy atom. The van der Waals surface area contributed by atoms with Crippen molar-refractivity contribution in [2.75, 3.05) is 35.8 Å². The van der Waals surface area contributed by atoms with Gasteiger partial charge in [-0.2, -0.15) is 13.2 Å². The lowest BCUT2D eigenvalue weighted by molar-refractivity contribution is -0.170. The molecule has 1 fully saturated rings. The van der Waals surface area contributed by atoms with Crippen molar-refractivity contribution in [2.45, 2.75) is 57.0 Å². The lowest BCUT2D eigenvalue weighted by atomic mass is 9.98. The molecule has 2 atom stereocenters. The molecule has 8 nitrogen and oxygen atoms in total. The third-order valence-electron chi connectivity index (χ3n) is 6.95. The minimum Gasteiger partial charge on any atom is -0.493 e. The van der Waals surface area contributed by atoms with Crippen molar-refractivity contribution in [2.24, 2.45) is 0 Å². The van der Waals surface area contributed by atoms with Gasteiger partial charge in [-0.15, -0.1) is 0 Å². The molecule has 3 heterocycles. The van der Waals surface area contributed by atoms with E-state index in [9.17, 15) is 22.8 Å². The molecule has 208 valence electrons.